The van der Waals surface area contributed by atoms with Gasteiger partial charge in [0.2, 0.25) is 0 Å². The smallest absolute Gasteiger partial charge is 0.336 e. The van der Waals surface area contributed by atoms with Gasteiger partial charge >= 0.3 is 5.97 Å². The van der Waals surface area contributed by atoms with Gasteiger partial charge < -0.3 is 5.11 Å². The average molecular weight is 436 g/mol. The van der Waals surface area contributed by atoms with Crippen molar-refractivity contribution in [2.24, 2.45) is 17.8 Å². The number of carboxylic acids is 1. The molecule has 2 fully saturated rings. The second-order valence-corrected chi connectivity index (χ2v) is 10.9. The number of rotatable bonds is 6. The van der Waals surface area contributed by atoms with E-state index in [-0.39, 0.29) is 0 Å². The molecule has 3 nitrogen and oxygen atoms in total. The Morgan fingerprint density at radius 2 is 1.90 bits per heavy atom. The third kappa shape index (κ3) is 4.65. The number of hydrogen-bond acceptors (Lipinski definition) is 3. The third-order valence-electron chi connectivity index (χ3n) is 7.55. The van der Waals surface area contributed by atoms with E-state index < -0.39 is 5.97 Å². The van der Waals surface area contributed by atoms with E-state index in [9.17, 15) is 9.90 Å². The Labute approximate surface area is 189 Å². The maximum atomic E-state index is 11.7. The standard InChI is InChI=1S/C27H33NO2S/c1-18-6-10-20(11-7-18)25-16-28(15-19-8-9-19)13-12-22(25)21-14-26(31-17-21)23-4-2-3-5-24(23)27(29)30/h2-5,14,17-20H,6-13,15-16H2,1H3,(H,29,30). The Morgan fingerprint density at radius 1 is 1.13 bits per heavy atom. The number of thiophene rings is 1. The van der Waals surface area contributed by atoms with Crippen LogP contribution < -0.4 is 0 Å². The molecule has 1 aromatic heterocycles. The molecule has 3 aliphatic rings. The fraction of sp³-hybridized carbons (Fsp3) is 0.519. The van der Waals surface area contributed by atoms with Gasteiger partial charge in [-0.2, -0.15) is 0 Å². The molecule has 0 bridgehead atoms. The van der Waals surface area contributed by atoms with E-state index in [4.69, 9.17) is 0 Å². The highest BCUT2D eigenvalue weighted by molar-refractivity contribution is 7.13. The van der Waals surface area contributed by atoms with Gasteiger partial charge in [-0.05, 0) is 84.1 Å². The first-order valence-electron chi connectivity index (χ1n) is 11.9. The van der Waals surface area contributed by atoms with Gasteiger partial charge in [-0.1, -0.05) is 38.0 Å². The second-order valence-electron chi connectivity index (χ2n) is 9.94. The molecule has 1 N–H and O–H groups in total. The Balaban J connectivity index is 1.47. The molecule has 0 unspecified atom stereocenters. The molecule has 2 saturated carbocycles. The summed E-state index contributed by atoms with van der Waals surface area (Å²) >= 11 is 1.69. The van der Waals surface area contributed by atoms with Gasteiger partial charge in [-0.15, -0.1) is 11.3 Å². The van der Waals surface area contributed by atoms with Crippen LogP contribution in [-0.2, 0) is 0 Å². The van der Waals surface area contributed by atoms with Crippen LogP contribution in [0.4, 0.5) is 0 Å². The van der Waals surface area contributed by atoms with Gasteiger partial charge in [0.1, 0.15) is 0 Å². The van der Waals surface area contributed by atoms with Crippen molar-refractivity contribution >= 4 is 22.9 Å². The molecule has 0 spiro atoms. The zero-order chi connectivity index (χ0) is 21.4. The van der Waals surface area contributed by atoms with Gasteiger partial charge in [0.15, 0.2) is 0 Å². The Morgan fingerprint density at radius 3 is 2.65 bits per heavy atom. The summed E-state index contributed by atoms with van der Waals surface area (Å²) in [4.78, 5) is 15.5. The lowest BCUT2D eigenvalue weighted by Gasteiger charge is -2.37. The predicted molar refractivity (Wildman–Crippen MR) is 129 cm³/mol. The molecule has 0 saturated heterocycles. The molecule has 31 heavy (non-hydrogen) atoms. The lowest BCUT2D eigenvalue weighted by atomic mass is 9.75. The highest BCUT2D eigenvalue weighted by atomic mass is 32.1. The first-order chi connectivity index (χ1) is 15.1. The van der Waals surface area contributed by atoms with Crippen molar-refractivity contribution < 1.29 is 9.90 Å². The summed E-state index contributed by atoms with van der Waals surface area (Å²) in [5.74, 6) is 1.68. The van der Waals surface area contributed by atoms with Crippen LogP contribution in [-0.4, -0.2) is 35.6 Å². The monoisotopic (exact) mass is 435 g/mol. The number of carbonyl (C=O) groups is 1. The van der Waals surface area contributed by atoms with E-state index in [0.29, 0.717) is 5.56 Å². The molecule has 2 heterocycles. The predicted octanol–water partition coefficient (Wildman–Crippen LogP) is 6.81. The largest absolute Gasteiger partial charge is 0.478 e. The summed E-state index contributed by atoms with van der Waals surface area (Å²) in [5, 5.41) is 11.9. The molecule has 0 atom stereocenters. The van der Waals surface area contributed by atoms with Crippen LogP contribution in [0, 0.1) is 17.8 Å². The third-order valence-corrected chi connectivity index (χ3v) is 8.52. The van der Waals surface area contributed by atoms with Gasteiger partial charge in [0.25, 0.3) is 0 Å². The van der Waals surface area contributed by atoms with Crippen LogP contribution in [0.5, 0.6) is 0 Å². The minimum Gasteiger partial charge on any atom is -0.478 e. The van der Waals surface area contributed by atoms with E-state index in [1.54, 1.807) is 28.5 Å². The number of aromatic carboxylic acids is 1. The molecule has 0 amide bonds. The Hall–Kier alpha value is -1.91. The minimum absolute atomic E-state index is 0.394. The first kappa shape index (κ1) is 21.0. The molecule has 1 aliphatic heterocycles. The van der Waals surface area contributed by atoms with E-state index >= 15 is 0 Å². The quantitative estimate of drug-likeness (QED) is 0.542. The highest BCUT2D eigenvalue weighted by Crippen LogP contribution is 2.42. The zero-order valence-corrected chi connectivity index (χ0v) is 19.3. The number of nitrogens with zero attached hydrogens (tertiary/aromatic N) is 1. The van der Waals surface area contributed by atoms with Crippen LogP contribution in [0.25, 0.3) is 16.0 Å². The van der Waals surface area contributed by atoms with Crippen molar-refractivity contribution in [1.29, 1.82) is 0 Å². The molecule has 5 rings (SSSR count). The van der Waals surface area contributed by atoms with Gasteiger partial charge in [-0.3, -0.25) is 4.90 Å². The van der Waals surface area contributed by atoms with Crippen LogP contribution in [0.1, 0.15) is 67.8 Å². The fourth-order valence-electron chi connectivity index (χ4n) is 5.50. The summed E-state index contributed by atoms with van der Waals surface area (Å²) in [6.45, 7) is 5.98. The summed E-state index contributed by atoms with van der Waals surface area (Å²) < 4.78 is 0. The van der Waals surface area contributed by atoms with Crippen molar-refractivity contribution in [3.63, 3.8) is 0 Å². The zero-order valence-electron chi connectivity index (χ0n) is 18.5. The van der Waals surface area contributed by atoms with E-state index in [1.165, 1.54) is 50.6 Å². The molecule has 1 aromatic carbocycles. The van der Waals surface area contributed by atoms with Crippen molar-refractivity contribution in [1.82, 2.24) is 4.90 Å². The van der Waals surface area contributed by atoms with Gasteiger partial charge in [0, 0.05) is 30.1 Å². The SMILES string of the molecule is CC1CCC(C2=C(c3csc(-c4ccccc4C(=O)O)c3)CCN(CC3CC3)C2)CC1. The van der Waals surface area contributed by atoms with E-state index in [0.717, 1.165) is 47.7 Å². The van der Waals surface area contributed by atoms with Crippen molar-refractivity contribution in [3.8, 4) is 10.4 Å². The second kappa shape index (κ2) is 8.91. The summed E-state index contributed by atoms with van der Waals surface area (Å²) in [6, 6.07) is 9.65. The molecule has 0 radical (unpaired) electrons. The average Bonchev–Trinajstić information content (AvgIpc) is 3.46. The van der Waals surface area contributed by atoms with Crippen molar-refractivity contribution in [2.45, 2.75) is 51.9 Å². The van der Waals surface area contributed by atoms with Crippen molar-refractivity contribution in [2.75, 3.05) is 19.6 Å². The van der Waals surface area contributed by atoms with E-state index in [2.05, 4.69) is 23.3 Å². The van der Waals surface area contributed by atoms with Crippen LogP contribution in [0.2, 0.25) is 0 Å². The van der Waals surface area contributed by atoms with Gasteiger partial charge in [0.05, 0.1) is 5.56 Å². The fourth-order valence-corrected chi connectivity index (χ4v) is 6.47. The maximum absolute atomic E-state index is 11.7. The minimum atomic E-state index is -0.852. The van der Waals surface area contributed by atoms with Crippen LogP contribution >= 0.6 is 11.3 Å². The summed E-state index contributed by atoms with van der Waals surface area (Å²) in [5.41, 5.74) is 5.81. The van der Waals surface area contributed by atoms with E-state index in [1.807, 2.05) is 18.2 Å². The summed E-state index contributed by atoms with van der Waals surface area (Å²) in [7, 11) is 0. The maximum Gasteiger partial charge on any atom is 0.336 e. The van der Waals surface area contributed by atoms with Gasteiger partial charge in [-0.25, -0.2) is 4.79 Å². The number of carboxylic acid groups (broad SMARTS) is 1. The van der Waals surface area contributed by atoms with Crippen LogP contribution in [0.15, 0.2) is 41.3 Å². The molecule has 2 aliphatic carbocycles. The molecule has 164 valence electrons. The molecular formula is C27H33NO2S. The molecule has 4 heteroatoms. The summed E-state index contributed by atoms with van der Waals surface area (Å²) in [6.07, 6.45) is 9.33. The highest BCUT2D eigenvalue weighted by Gasteiger charge is 2.31. The normalized spacial score (nSPS) is 25.1. The Kier molecular flexibility index (Phi) is 6.03. The molecule has 2 aromatic rings. The number of benzene rings is 1. The lowest BCUT2D eigenvalue weighted by Crippen LogP contribution is -2.35. The lowest BCUT2D eigenvalue weighted by molar-refractivity contribution is 0.0698. The Bertz CT molecular complexity index is 979. The topological polar surface area (TPSA) is 40.5 Å². The first-order valence-corrected chi connectivity index (χ1v) is 12.8. The number of hydrogen-bond donors (Lipinski definition) is 1. The molecular weight excluding hydrogens is 402 g/mol. The van der Waals surface area contributed by atoms with Crippen LogP contribution in [0.3, 0.4) is 0 Å². The van der Waals surface area contributed by atoms with Crippen molar-refractivity contribution in [3.05, 3.63) is 52.4 Å².